The summed E-state index contributed by atoms with van der Waals surface area (Å²) in [5.74, 6) is 1.61. The van der Waals surface area contributed by atoms with Crippen molar-refractivity contribution in [2.45, 2.75) is 51.0 Å². The highest BCUT2D eigenvalue weighted by atomic mass is 16.4. The normalized spacial score (nSPS) is 28.8. The number of likely N-dealkylation sites (tertiary alicyclic amines) is 1. The van der Waals surface area contributed by atoms with Crippen LogP contribution in [0.4, 0.5) is 6.01 Å². The van der Waals surface area contributed by atoms with E-state index in [9.17, 15) is 0 Å². The maximum Gasteiger partial charge on any atom is 0.292 e. The Labute approximate surface area is 102 Å². The van der Waals surface area contributed by atoms with Gasteiger partial charge in [-0.15, -0.1) is 0 Å². The van der Waals surface area contributed by atoms with Crippen molar-refractivity contribution in [2.24, 2.45) is 0 Å². The Kier molecular flexibility index (Phi) is 2.82. The van der Waals surface area contributed by atoms with Crippen molar-refractivity contribution in [3.05, 3.63) is 11.5 Å². The Morgan fingerprint density at radius 1 is 1.47 bits per heavy atom. The summed E-state index contributed by atoms with van der Waals surface area (Å²) in [6, 6.07) is 1.01. The predicted molar refractivity (Wildman–Crippen MR) is 66.9 cm³/mol. The van der Waals surface area contributed by atoms with Crippen molar-refractivity contribution in [1.82, 2.24) is 9.88 Å². The number of fused-ring (bicyclic) bond motifs is 3. The second-order valence-corrected chi connectivity index (χ2v) is 5.25. The zero-order valence-electron chi connectivity index (χ0n) is 10.5. The van der Waals surface area contributed by atoms with E-state index in [1.54, 1.807) is 0 Å². The summed E-state index contributed by atoms with van der Waals surface area (Å²) in [7, 11) is 0. The van der Waals surface area contributed by atoms with Gasteiger partial charge in [0.1, 0.15) is 5.76 Å². The molecule has 1 saturated heterocycles. The fourth-order valence-corrected chi connectivity index (χ4v) is 3.52. The minimum atomic E-state index is 0.350. The third-order valence-electron chi connectivity index (χ3n) is 4.16. The fourth-order valence-electron chi connectivity index (χ4n) is 3.52. The van der Waals surface area contributed by atoms with E-state index in [1.807, 2.05) is 0 Å². The Hall–Kier alpha value is -1.03. The second kappa shape index (κ2) is 4.33. The Bertz CT molecular complexity index is 399. The van der Waals surface area contributed by atoms with Gasteiger partial charge in [0, 0.05) is 12.0 Å². The molecule has 1 aromatic heterocycles. The van der Waals surface area contributed by atoms with Gasteiger partial charge in [-0.1, -0.05) is 6.92 Å². The first-order chi connectivity index (χ1) is 8.29. The number of hydrogen-bond acceptors (Lipinski definition) is 4. The summed E-state index contributed by atoms with van der Waals surface area (Å²) in [6.07, 6.45) is 5.96. The van der Waals surface area contributed by atoms with Gasteiger partial charge in [-0.3, -0.25) is 4.90 Å². The molecule has 1 fully saturated rings. The summed E-state index contributed by atoms with van der Waals surface area (Å²) < 4.78 is 5.64. The lowest BCUT2D eigenvalue weighted by atomic mass is 9.79. The number of aryl methyl sites for hydroxylation is 1. The van der Waals surface area contributed by atoms with Crippen molar-refractivity contribution < 1.29 is 4.42 Å². The molecule has 0 unspecified atom stereocenters. The van der Waals surface area contributed by atoms with Crippen LogP contribution < -0.4 is 5.73 Å². The summed E-state index contributed by atoms with van der Waals surface area (Å²) in [6.45, 7) is 4.71. The van der Waals surface area contributed by atoms with Gasteiger partial charge in [0.05, 0.1) is 5.69 Å². The van der Waals surface area contributed by atoms with Crippen molar-refractivity contribution in [1.29, 1.82) is 0 Å². The quantitative estimate of drug-likeness (QED) is 0.853. The number of aromatic nitrogens is 1. The van der Waals surface area contributed by atoms with Gasteiger partial charge in [0.2, 0.25) is 0 Å². The summed E-state index contributed by atoms with van der Waals surface area (Å²) >= 11 is 0. The Morgan fingerprint density at radius 2 is 2.35 bits per heavy atom. The lowest BCUT2D eigenvalue weighted by molar-refractivity contribution is 0.102. The third-order valence-corrected chi connectivity index (χ3v) is 4.16. The number of oxazole rings is 1. The van der Waals surface area contributed by atoms with Gasteiger partial charge < -0.3 is 10.2 Å². The number of rotatable bonds is 2. The molecule has 0 saturated carbocycles. The molecule has 2 aliphatic rings. The second-order valence-electron chi connectivity index (χ2n) is 5.25. The van der Waals surface area contributed by atoms with Crippen LogP contribution in [-0.4, -0.2) is 29.0 Å². The summed E-state index contributed by atoms with van der Waals surface area (Å²) in [4.78, 5) is 6.94. The molecule has 2 heterocycles. The summed E-state index contributed by atoms with van der Waals surface area (Å²) in [5, 5.41) is 0. The molecule has 17 heavy (non-hydrogen) atoms. The molecule has 0 aromatic carbocycles. The fraction of sp³-hybridized carbons (Fsp3) is 0.769. The lowest BCUT2D eigenvalue weighted by Gasteiger charge is -2.42. The van der Waals surface area contributed by atoms with Gasteiger partial charge >= 0.3 is 0 Å². The highest BCUT2D eigenvalue weighted by Crippen LogP contribution is 2.41. The number of nitrogens with two attached hydrogens (primary N) is 1. The first-order valence-electron chi connectivity index (χ1n) is 6.78. The number of piperidine rings is 1. The Balaban J connectivity index is 1.87. The topological polar surface area (TPSA) is 55.3 Å². The maximum absolute atomic E-state index is 5.68. The number of hydrogen-bond donors (Lipinski definition) is 1. The molecule has 94 valence electrons. The predicted octanol–water partition coefficient (Wildman–Crippen LogP) is 2.16. The van der Waals surface area contributed by atoms with Gasteiger partial charge in [-0.05, 0) is 45.2 Å². The molecule has 1 aliphatic carbocycles. The van der Waals surface area contributed by atoms with Gasteiger partial charge in [-0.2, -0.15) is 4.98 Å². The molecule has 0 radical (unpaired) electrons. The van der Waals surface area contributed by atoms with Crippen molar-refractivity contribution >= 4 is 6.01 Å². The van der Waals surface area contributed by atoms with E-state index in [1.165, 1.54) is 38.8 Å². The number of anilines is 1. The van der Waals surface area contributed by atoms with E-state index in [2.05, 4.69) is 16.8 Å². The number of nitrogen functional groups attached to an aromatic ring is 1. The van der Waals surface area contributed by atoms with Gasteiger partial charge in [0.15, 0.2) is 0 Å². The number of nitrogens with zero attached hydrogens (tertiary/aromatic N) is 2. The molecule has 4 heteroatoms. The van der Waals surface area contributed by atoms with Crippen LogP contribution in [-0.2, 0) is 6.42 Å². The largest absolute Gasteiger partial charge is 0.428 e. The van der Waals surface area contributed by atoms with E-state index in [4.69, 9.17) is 10.2 Å². The lowest BCUT2D eigenvalue weighted by Crippen LogP contribution is -2.46. The van der Waals surface area contributed by atoms with E-state index >= 15 is 0 Å². The van der Waals surface area contributed by atoms with Crippen LogP contribution in [0.5, 0.6) is 0 Å². The average molecular weight is 235 g/mol. The van der Waals surface area contributed by atoms with Crippen LogP contribution in [0.3, 0.4) is 0 Å². The van der Waals surface area contributed by atoms with E-state index < -0.39 is 0 Å². The minimum absolute atomic E-state index is 0.350. The van der Waals surface area contributed by atoms with E-state index in [-0.39, 0.29) is 0 Å². The molecule has 3 rings (SSSR count). The first kappa shape index (κ1) is 11.1. The van der Waals surface area contributed by atoms with Gasteiger partial charge in [0.25, 0.3) is 6.01 Å². The molecule has 1 aromatic rings. The standard InChI is InChI=1S/C13H21N3O/c1-2-7-16-8-3-4-9-11(16)6-5-10-12(9)17-13(14)15-10/h9,11H,2-8H2,1H3,(H2,14,15)/t9-,11+/m0/s1. The van der Waals surface area contributed by atoms with E-state index in [0.29, 0.717) is 18.0 Å². The van der Waals surface area contributed by atoms with Crippen LogP contribution in [0, 0.1) is 0 Å². The minimum Gasteiger partial charge on any atom is -0.428 e. The highest BCUT2D eigenvalue weighted by molar-refractivity contribution is 5.27. The van der Waals surface area contributed by atoms with Gasteiger partial charge in [-0.25, -0.2) is 0 Å². The van der Waals surface area contributed by atoms with Crippen LogP contribution in [0.15, 0.2) is 4.42 Å². The van der Waals surface area contributed by atoms with Crippen molar-refractivity contribution in [2.75, 3.05) is 18.8 Å². The molecule has 0 amide bonds. The third kappa shape index (κ3) is 1.84. The zero-order valence-corrected chi connectivity index (χ0v) is 10.5. The molecule has 2 N–H and O–H groups in total. The molecule has 2 atom stereocenters. The zero-order chi connectivity index (χ0) is 11.8. The molecule has 4 nitrogen and oxygen atoms in total. The molecule has 0 bridgehead atoms. The van der Waals surface area contributed by atoms with E-state index in [0.717, 1.165) is 17.9 Å². The molecular formula is C13H21N3O. The monoisotopic (exact) mass is 235 g/mol. The summed E-state index contributed by atoms with van der Waals surface area (Å²) in [5.41, 5.74) is 6.80. The molecule has 1 aliphatic heterocycles. The first-order valence-corrected chi connectivity index (χ1v) is 6.78. The van der Waals surface area contributed by atoms with Crippen LogP contribution in [0.1, 0.15) is 50.0 Å². The highest BCUT2D eigenvalue weighted by Gasteiger charge is 2.39. The van der Waals surface area contributed by atoms with Crippen LogP contribution in [0.25, 0.3) is 0 Å². The average Bonchev–Trinajstić information content (AvgIpc) is 2.70. The van der Waals surface area contributed by atoms with Crippen molar-refractivity contribution in [3.63, 3.8) is 0 Å². The molecular weight excluding hydrogens is 214 g/mol. The molecule has 0 spiro atoms. The Morgan fingerprint density at radius 3 is 3.18 bits per heavy atom. The smallest absolute Gasteiger partial charge is 0.292 e. The SMILES string of the molecule is CCCN1CCC[C@@H]2c3oc(N)nc3CC[C@H]21. The van der Waals surface area contributed by atoms with Crippen LogP contribution >= 0.6 is 0 Å². The van der Waals surface area contributed by atoms with Crippen LogP contribution in [0.2, 0.25) is 0 Å². The van der Waals surface area contributed by atoms with Crippen molar-refractivity contribution in [3.8, 4) is 0 Å². The maximum atomic E-state index is 5.68.